The summed E-state index contributed by atoms with van der Waals surface area (Å²) in [6, 6.07) is 0.301. The Hall–Kier alpha value is -1.70. The van der Waals surface area contributed by atoms with Gasteiger partial charge in [-0.3, -0.25) is 4.90 Å². The van der Waals surface area contributed by atoms with Crippen LogP contribution in [-0.2, 0) is 10.3 Å². The van der Waals surface area contributed by atoms with Crippen molar-refractivity contribution in [2.45, 2.75) is 45.1 Å². The van der Waals surface area contributed by atoms with E-state index in [9.17, 15) is 5.11 Å². The molecule has 2 fully saturated rings. The first-order chi connectivity index (χ1) is 14.1. The monoisotopic (exact) mass is 403 g/mol. The van der Waals surface area contributed by atoms with Gasteiger partial charge in [0.15, 0.2) is 0 Å². The van der Waals surface area contributed by atoms with Crippen molar-refractivity contribution in [1.29, 1.82) is 0 Å². The lowest BCUT2D eigenvalue weighted by molar-refractivity contribution is -0.147. The highest BCUT2D eigenvalue weighted by molar-refractivity contribution is 5.34. The first kappa shape index (κ1) is 20.6. The van der Waals surface area contributed by atoms with Gasteiger partial charge in [-0.1, -0.05) is 12.5 Å². The third-order valence-corrected chi connectivity index (χ3v) is 6.43. The van der Waals surface area contributed by atoms with Crippen LogP contribution in [0.1, 0.15) is 45.1 Å². The molecule has 1 aromatic heterocycles. The molecule has 0 spiro atoms. The second-order valence-electron chi connectivity index (χ2n) is 8.29. The van der Waals surface area contributed by atoms with E-state index in [-0.39, 0.29) is 11.8 Å². The van der Waals surface area contributed by atoms with Crippen LogP contribution in [0, 0.1) is 11.8 Å². The lowest BCUT2D eigenvalue weighted by Gasteiger charge is -2.53. The number of hydrogen-bond donors (Lipinski definition) is 1. The quantitative estimate of drug-likeness (QED) is 0.701. The first-order valence-electron chi connectivity index (χ1n) is 11.0. The summed E-state index contributed by atoms with van der Waals surface area (Å²) < 4.78 is 16.9. The van der Waals surface area contributed by atoms with Gasteiger partial charge in [0.25, 0.3) is 0 Å². The molecule has 1 saturated heterocycles. The Morgan fingerprint density at radius 2 is 1.97 bits per heavy atom. The topological polar surface area (TPSA) is 76.9 Å². The van der Waals surface area contributed by atoms with Crippen LogP contribution in [0.25, 0.3) is 0 Å². The molecule has 3 aliphatic rings. The second kappa shape index (κ2) is 8.98. The van der Waals surface area contributed by atoms with Crippen LogP contribution in [0.2, 0.25) is 0 Å². The molecule has 2 bridgehead atoms. The SMILES string of the molecule is CCOc1ncc(C2(O)[C@@H]3CCC[C@@H]2CN(CC2=CCCOC2)C3)c(OCC)n1. The van der Waals surface area contributed by atoms with E-state index >= 15 is 0 Å². The van der Waals surface area contributed by atoms with E-state index in [0.717, 1.165) is 64.1 Å². The van der Waals surface area contributed by atoms with E-state index in [1.54, 1.807) is 6.20 Å². The molecular formula is C22H33N3O4. The number of hydrogen-bond acceptors (Lipinski definition) is 7. The standard InChI is InChI=1S/C22H33N3O4/c1-3-28-20-19(11-23-21(24-20)29-4-2)22(26)17-8-5-9-18(22)14-25(13-17)12-16-7-6-10-27-15-16/h7,11,17-18,26H,3-6,8-10,12-15H2,1-2H3/t17-,18-/m1/s1. The Bertz CT molecular complexity index is 725. The maximum absolute atomic E-state index is 12.0. The molecule has 0 radical (unpaired) electrons. The third-order valence-electron chi connectivity index (χ3n) is 6.43. The smallest absolute Gasteiger partial charge is 0.319 e. The summed E-state index contributed by atoms with van der Waals surface area (Å²) >= 11 is 0. The normalized spacial score (nSPS) is 30.0. The summed E-state index contributed by atoms with van der Waals surface area (Å²) in [6.07, 6.45) is 8.19. The van der Waals surface area contributed by atoms with Crippen molar-refractivity contribution in [3.05, 3.63) is 23.4 Å². The van der Waals surface area contributed by atoms with Crippen molar-refractivity contribution < 1.29 is 19.3 Å². The van der Waals surface area contributed by atoms with Crippen molar-refractivity contribution in [2.24, 2.45) is 11.8 Å². The van der Waals surface area contributed by atoms with Gasteiger partial charge in [-0.15, -0.1) is 0 Å². The molecule has 4 rings (SSSR count). The fraction of sp³-hybridized carbons (Fsp3) is 0.727. The summed E-state index contributed by atoms with van der Waals surface area (Å²) in [5, 5.41) is 12.0. The summed E-state index contributed by atoms with van der Waals surface area (Å²) in [5.74, 6) is 0.740. The van der Waals surface area contributed by atoms with Crippen LogP contribution in [0.5, 0.6) is 11.9 Å². The number of nitrogens with zero attached hydrogens (tertiary/aromatic N) is 3. The molecule has 160 valence electrons. The summed E-state index contributed by atoms with van der Waals surface area (Å²) in [6.45, 7) is 9.03. The van der Waals surface area contributed by atoms with Gasteiger partial charge in [-0.25, -0.2) is 4.98 Å². The molecule has 7 nitrogen and oxygen atoms in total. The van der Waals surface area contributed by atoms with E-state index in [0.29, 0.717) is 25.1 Å². The largest absolute Gasteiger partial charge is 0.478 e. The number of ether oxygens (including phenoxy) is 3. The van der Waals surface area contributed by atoms with Crippen molar-refractivity contribution in [3.8, 4) is 11.9 Å². The lowest BCUT2D eigenvalue weighted by atomic mass is 9.63. The number of likely N-dealkylation sites (tertiary alicyclic amines) is 1. The van der Waals surface area contributed by atoms with Crippen LogP contribution in [-0.4, -0.2) is 66.0 Å². The zero-order chi connectivity index (χ0) is 20.3. The minimum absolute atomic E-state index is 0.140. The van der Waals surface area contributed by atoms with Crippen molar-refractivity contribution in [1.82, 2.24) is 14.9 Å². The van der Waals surface area contributed by atoms with Crippen molar-refractivity contribution in [3.63, 3.8) is 0 Å². The summed E-state index contributed by atoms with van der Waals surface area (Å²) in [5.41, 5.74) is 1.12. The Labute approximate surface area is 173 Å². The molecule has 1 N–H and O–H groups in total. The average molecular weight is 404 g/mol. The zero-order valence-corrected chi connectivity index (χ0v) is 17.6. The second-order valence-corrected chi connectivity index (χ2v) is 8.29. The average Bonchev–Trinajstić information content (AvgIpc) is 2.70. The van der Waals surface area contributed by atoms with Crippen LogP contribution < -0.4 is 9.47 Å². The van der Waals surface area contributed by atoms with Gasteiger partial charge < -0.3 is 19.3 Å². The molecule has 29 heavy (non-hydrogen) atoms. The molecule has 0 aromatic carbocycles. The fourth-order valence-corrected chi connectivity index (χ4v) is 5.19. The highest BCUT2D eigenvalue weighted by Gasteiger charge is 2.53. The Kier molecular flexibility index (Phi) is 6.37. The maximum Gasteiger partial charge on any atom is 0.319 e. The predicted octanol–water partition coefficient (Wildman–Crippen LogP) is 2.54. The lowest BCUT2D eigenvalue weighted by Crippen LogP contribution is -2.58. The van der Waals surface area contributed by atoms with Gasteiger partial charge >= 0.3 is 6.01 Å². The number of rotatable bonds is 7. The minimum atomic E-state index is -0.957. The van der Waals surface area contributed by atoms with E-state index in [4.69, 9.17) is 14.2 Å². The molecule has 2 aliphatic heterocycles. The van der Waals surface area contributed by atoms with Crippen LogP contribution in [0.15, 0.2) is 17.8 Å². The number of aromatic nitrogens is 2. The van der Waals surface area contributed by atoms with Crippen LogP contribution in [0.3, 0.4) is 0 Å². The zero-order valence-electron chi connectivity index (χ0n) is 17.6. The van der Waals surface area contributed by atoms with Crippen LogP contribution >= 0.6 is 0 Å². The summed E-state index contributed by atoms with van der Waals surface area (Å²) in [4.78, 5) is 11.3. The van der Waals surface area contributed by atoms with Gasteiger partial charge in [-0.05, 0) is 38.7 Å². The van der Waals surface area contributed by atoms with Crippen molar-refractivity contribution in [2.75, 3.05) is 46.1 Å². The number of aliphatic hydroxyl groups is 1. The van der Waals surface area contributed by atoms with Gasteiger partial charge in [0, 0.05) is 37.7 Å². The highest BCUT2D eigenvalue weighted by atomic mass is 16.5. The van der Waals surface area contributed by atoms with E-state index < -0.39 is 5.60 Å². The maximum atomic E-state index is 12.0. The van der Waals surface area contributed by atoms with Crippen molar-refractivity contribution >= 4 is 0 Å². The molecule has 0 unspecified atom stereocenters. The third kappa shape index (κ3) is 4.13. The molecule has 2 atom stereocenters. The predicted molar refractivity (Wildman–Crippen MR) is 109 cm³/mol. The fourth-order valence-electron chi connectivity index (χ4n) is 5.19. The first-order valence-corrected chi connectivity index (χ1v) is 11.0. The Morgan fingerprint density at radius 3 is 2.62 bits per heavy atom. The summed E-state index contributed by atoms with van der Waals surface area (Å²) in [7, 11) is 0. The Morgan fingerprint density at radius 1 is 1.21 bits per heavy atom. The van der Waals surface area contributed by atoms with E-state index in [1.807, 2.05) is 13.8 Å². The number of piperidine rings is 1. The molecule has 3 heterocycles. The molecule has 1 saturated carbocycles. The van der Waals surface area contributed by atoms with Gasteiger partial charge in [0.05, 0.1) is 32.0 Å². The van der Waals surface area contributed by atoms with E-state index in [2.05, 4.69) is 20.9 Å². The highest BCUT2D eigenvalue weighted by Crippen LogP contribution is 2.51. The van der Waals surface area contributed by atoms with Gasteiger partial charge in [-0.2, -0.15) is 4.98 Å². The molecule has 1 aromatic rings. The molecular weight excluding hydrogens is 370 g/mol. The van der Waals surface area contributed by atoms with Crippen LogP contribution in [0.4, 0.5) is 0 Å². The molecule has 1 aliphatic carbocycles. The Balaban J connectivity index is 1.59. The van der Waals surface area contributed by atoms with Gasteiger partial charge in [0.1, 0.15) is 5.60 Å². The molecule has 7 heteroatoms. The van der Waals surface area contributed by atoms with E-state index in [1.165, 1.54) is 5.57 Å². The number of fused-ring (bicyclic) bond motifs is 2. The minimum Gasteiger partial charge on any atom is -0.478 e. The van der Waals surface area contributed by atoms with Gasteiger partial charge in [0.2, 0.25) is 5.88 Å². The molecule has 0 amide bonds.